The van der Waals surface area contributed by atoms with Crippen LogP contribution in [0.25, 0.3) is 0 Å². The van der Waals surface area contributed by atoms with Gasteiger partial charge in [-0.3, -0.25) is 0 Å². The monoisotopic (exact) mass is 259 g/mol. The van der Waals surface area contributed by atoms with Gasteiger partial charge < -0.3 is 19.9 Å². The molecule has 0 aromatic rings. The topological polar surface area (TPSA) is 53.7 Å². The van der Waals surface area contributed by atoms with Crippen molar-refractivity contribution >= 4 is 0 Å². The van der Waals surface area contributed by atoms with Gasteiger partial charge in [0, 0.05) is 18.8 Å². The summed E-state index contributed by atoms with van der Waals surface area (Å²) < 4.78 is 16.6. The fraction of sp³-hybridized carbons (Fsp3) is 1.00. The molecule has 2 N–H and O–H groups in total. The Kier molecular flexibility index (Phi) is 7.82. The van der Waals surface area contributed by atoms with Crippen molar-refractivity contribution in [2.24, 2.45) is 5.73 Å². The highest BCUT2D eigenvalue weighted by Gasteiger charge is 2.26. The van der Waals surface area contributed by atoms with E-state index in [9.17, 15) is 0 Å². The fourth-order valence-electron chi connectivity index (χ4n) is 2.45. The van der Waals surface area contributed by atoms with Crippen LogP contribution in [0.5, 0.6) is 0 Å². The summed E-state index contributed by atoms with van der Waals surface area (Å²) in [5.74, 6) is 0. The summed E-state index contributed by atoms with van der Waals surface area (Å²) in [6.45, 7) is 6.29. The van der Waals surface area contributed by atoms with Crippen molar-refractivity contribution in [3.05, 3.63) is 0 Å². The van der Waals surface area contributed by atoms with Crippen LogP contribution in [0.1, 0.15) is 52.4 Å². The van der Waals surface area contributed by atoms with Gasteiger partial charge >= 0.3 is 0 Å². The van der Waals surface area contributed by atoms with Crippen LogP contribution in [-0.4, -0.2) is 38.3 Å². The van der Waals surface area contributed by atoms with E-state index in [2.05, 4.69) is 0 Å². The molecule has 0 amide bonds. The van der Waals surface area contributed by atoms with Crippen molar-refractivity contribution < 1.29 is 14.2 Å². The second-order valence-electron chi connectivity index (χ2n) is 5.13. The normalized spacial score (nSPS) is 20.0. The van der Waals surface area contributed by atoms with E-state index in [0.717, 1.165) is 12.8 Å². The summed E-state index contributed by atoms with van der Waals surface area (Å²) in [4.78, 5) is 0. The average molecular weight is 259 g/mol. The standard InChI is InChI=1S/C14H29NO3/c1-3-17-13(18-4-2)11-16-12-14(15)9-7-5-6-8-10-14/h13H,3-12,15H2,1-2H3. The molecule has 0 saturated heterocycles. The van der Waals surface area contributed by atoms with Crippen LogP contribution in [0, 0.1) is 0 Å². The molecule has 0 atom stereocenters. The summed E-state index contributed by atoms with van der Waals surface area (Å²) in [6, 6.07) is 0. The van der Waals surface area contributed by atoms with Crippen LogP contribution in [0.4, 0.5) is 0 Å². The van der Waals surface area contributed by atoms with Crippen LogP contribution < -0.4 is 5.73 Å². The quantitative estimate of drug-likeness (QED) is 0.537. The molecule has 0 spiro atoms. The van der Waals surface area contributed by atoms with Gasteiger partial charge in [0.25, 0.3) is 0 Å². The molecule has 1 saturated carbocycles. The Balaban J connectivity index is 2.25. The predicted molar refractivity (Wildman–Crippen MR) is 72.5 cm³/mol. The highest BCUT2D eigenvalue weighted by Crippen LogP contribution is 2.25. The number of rotatable bonds is 8. The van der Waals surface area contributed by atoms with Gasteiger partial charge in [-0.05, 0) is 26.7 Å². The molecule has 18 heavy (non-hydrogen) atoms. The van der Waals surface area contributed by atoms with Gasteiger partial charge in [0.1, 0.15) is 0 Å². The maximum Gasteiger partial charge on any atom is 0.180 e. The van der Waals surface area contributed by atoms with Gasteiger partial charge in [0.15, 0.2) is 6.29 Å². The van der Waals surface area contributed by atoms with E-state index in [0.29, 0.717) is 26.4 Å². The molecule has 1 fully saturated rings. The van der Waals surface area contributed by atoms with Crippen LogP contribution in [-0.2, 0) is 14.2 Å². The van der Waals surface area contributed by atoms with Gasteiger partial charge in [-0.2, -0.15) is 0 Å². The van der Waals surface area contributed by atoms with Crippen molar-refractivity contribution in [3.8, 4) is 0 Å². The lowest BCUT2D eigenvalue weighted by Gasteiger charge is -2.28. The van der Waals surface area contributed by atoms with E-state index in [1.165, 1.54) is 25.7 Å². The van der Waals surface area contributed by atoms with E-state index in [-0.39, 0.29) is 11.8 Å². The van der Waals surface area contributed by atoms with E-state index >= 15 is 0 Å². The molecule has 1 rings (SSSR count). The third-order valence-electron chi connectivity index (χ3n) is 3.45. The Labute approximate surface area is 111 Å². The van der Waals surface area contributed by atoms with E-state index in [1.54, 1.807) is 0 Å². The zero-order chi connectivity index (χ0) is 13.3. The Morgan fingerprint density at radius 3 is 2.06 bits per heavy atom. The molecule has 4 heteroatoms. The first kappa shape index (κ1) is 15.9. The first-order valence-corrected chi connectivity index (χ1v) is 7.30. The van der Waals surface area contributed by atoms with Gasteiger partial charge in [-0.1, -0.05) is 25.7 Å². The summed E-state index contributed by atoms with van der Waals surface area (Å²) >= 11 is 0. The summed E-state index contributed by atoms with van der Waals surface area (Å²) in [7, 11) is 0. The number of hydrogen-bond donors (Lipinski definition) is 1. The third kappa shape index (κ3) is 6.14. The molecule has 1 aliphatic carbocycles. The first-order valence-electron chi connectivity index (χ1n) is 7.30. The largest absolute Gasteiger partial charge is 0.374 e. The number of nitrogens with two attached hydrogens (primary N) is 1. The molecule has 0 aromatic heterocycles. The van der Waals surface area contributed by atoms with Crippen LogP contribution in [0.3, 0.4) is 0 Å². The maximum absolute atomic E-state index is 6.39. The van der Waals surface area contributed by atoms with Crippen molar-refractivity contribution in [2.75, 3.05) is 26.4 Å². The lowest BCUT2D eigenvalue weighted by atomic mass is 9.93. The Hall–Kier alpha value is -0.160. The molecule has 0 radical (unpaired) electrons. The van der Waals surface area contributed by atoms with E-state index in [4.69, 9.17) is 19.9 Å². The molecule has 0 unspecified atom stereocenters. The lowest BCUT2D eigenvalue weighted by Crippen LogP contribution is -2.44. The highest BCUT2D eigenvalue weighted by atomic mass is 16.7. The van der Waals surface area contributed by atoms with E-state index in [1.807, 2.05) is 13.8 Å². The first-order chi connectivity index (χ1) is 8.70. The molecule has 0 heterocycles. The van der Waals surface area contributed by atoms with Crippen molar-refractivity contribution in [1.29, 1.82) is 0 Å². The number of ether oxygens (including phenoxy) is 3. The summed E-state index contributed by atoms with van der Waals surface area (Å²) in [5.41, 5.74) is 6.25. The van der Waals surface area contributed by atoms with Crippen LogP contribution in [0.15, 0.2) is 0 Å². The Morgan fingerprint density at radius 1 is 1.00 bits per heavy atom. The second kappa shape index (κ2) is 8.86. The van der Waals surface area contributed by atoms with E-state index < -0.39 is 0 Å². The summed E-state index contributed by atoms with van der Waals surface area (Å²) in [5, 5.41) is 0. The smallest absolute Gasteiger partial charge is 0.180 e. The van der Waals surface area contributed by atoms with Gasteiger partial charge in [-0.15, -0.1) is 0 Å². The third-order valence-corrected chi connectivity index (χ3v) is 3.45. The second-order valence-corrected chi connectivity index (χ2v) is 5.13. The minimum Gasteiger partial charge on any atom is -0.374 e. The Bertz CT molecular complexity index is 197. The van der Waals surface area contributed by atoms with Crippen molar-refractivity contribution in [2.45, 2.75) is 64.2 Å². The minimum absolute atomic E-state index is 0.139. The molecule has 0 aromatic carbocycles. The van der Waals surface area contributed by atoms with Crippen molar-refractivity contribution in [1.82, 2.24) is 0 Å². The zero-order valence-corrected chi connectivity index (χ0v) is 12.0. The molecule has 4 nitrogen and oxygen atoms in total. The highest BCUT2D eigenvalue weighted by molar-refractivity contribution is 4.85. The molecule has 0 bridgehead atoms. The van der Waals surface area contributed by atoms with Gasteiger partial charge in [0.05, 0.1) is 13.2 Å². The SMILES string of the molecule is CCOC(COCC1(N)CCCCCC1)OCC. The zero-order valence-electron chi connectivity index (χ0n) is 12.0. The van der Waals surface area contributed by atoms with Crippen LogP contribution in [0.2, 0.25) is 0 Å². The predicted octanol–water partition coefficient (Wildman–Crippen LogP) is 2.45. The molecular formula is C14H29NO3. The number of hydrogen-bond acceptors (Lipinski definition) is 4. The van der Waals surface area contributed by atoms with Gasteiger partial charge in [-0.25, -0.2) is 0 Å². The minimum atomic E-state index is -0.255. The fourth-order valence-corrected chi connectivity index (χ4v) is 2.45. The van der Waals surface area contributed by atoms with Crippen LogP contribution >= 0.6 is 0 Å². The molecule has 0 aliphatic heterocycles. The summed E-state index contributed by atoms with van der Waals surface area (Å²) in [6.07, 6.45) is 6.94. The Morgan fingerprint density at radius 2 is 1.56 bits per heavy atom. The molecule has 1 aliphatic rings. The maximum atomic E-state index is 6.39. The molecular weight excluding hydrogens is 230 g/mol. The lowest BCUT2D eigenvalue weighted by molar-refractivity contribution is -0.170. The van der Waals surface area contributed by atoms with Crippen molar-refractivity contribution in [3.63, 3.8) is 0 Å². The van der Waals surface area contributed by atoms with Gasteiger partial charge in [0.2, 0.25) is 0 Å². The molecule has 108 valence electrons. The average Bonchev–Trinajstić information content (AvgIpc) is 2.55.